The zero-order valence-corrected chi connectivity index (χ0v) is 17.9. The quantitative estimate of drug-likeness (QED) is 0.617. The number of amides is 1. The Morgan fingerprint density at radius 1 is 1.15 bits per heavy atom. The van der Waals surface area contributed by atoms with Gasteiger partial charge in [0.15, 0.2) is 0 Å². The van der Waals surface area contributed by atoms with Gasteiger partial charge < -0.3 is 10.1 Å². The van der Waals surface area contributed by atoms with E-state index >= 15 is 0 Å². The monoisotopic (exact) mass is 478 g/mol. The van der Waals surface area contributed by atoms with Crippen LogP contribution in [0, 0.1) is 6.92 Å². The standard InChI is InChI=1S/C21H17F3N4O4S/c1-13-17(11-25-12-26-13)20(29)27-15-4-7-18-19(10-15)33(30,31)28(8-9-32-18)16-5-2-14(3-6-16)21(22,23)24/h2-7,10-12H,8-9H2,1H3,(H,27,29). The number of hydrogen-bond acceptors (Lipinski definition) is 6. The second-order valence-corrected chi connectivity index (χ2v) is 8.94. The van der Waals surface area contributed by atoms with Gasteiger partial charge in [0.1, 0.15) is 23.6 Å². The molecule has 1 N–H and O–H groups in total. The van der Waals surface area contributed by atoms with E-state index in [1.807, 2.05) is 0 Å². The molecule has 1 aliphatic heterocycles. The third kappa shape index (κ3) is 4.46. The number of ether oxygens (including phenoxy) is 1. The number of alkyl halides is 3. The van der Waals surface area contributed by atoms with Gasteiger partial charge in [-0.25, -0.2) is 18.4 Å². The number of benzene rings is 2. The topological polar surface area (TPSA) is 101 Å². The minimum atomic E-state index is -4.54. The molecular weight excluding hydrogens is 461 g/mol. The summed E-state index contributed by atoms with van der Waals surface area (Å²) in [7, 11) is -4.20. The number of hydrogen-bond donors (Lipinski definition) is 1. The molecule has 0 unspecified atom stereocenters. The van der Waals surface area contributed by atoms with Crippen molar-refractivity contribution in [2.45, 2.75) is 18.0 Å². The third-order valence-electron chi connectivity index (χ3n) is 4.96. The highest BCUT2D eigenvalue weighted by Crippen LogP contribution is 2.36. The Labute approximate surface area is 187 Å². The van der Waals surface area contributed by atoms with Crippen LogP contribution in [0.25, 0.3) is 0 Å². The molecule has 0 bridgehead atoms. The summed E-state index contributed by atoms with van der Waals surface area (Å²) in [5, 5.41) is 2.60. The highest BCUT2D eigenvalue weighted by molar-refractivity contribution is 7.93. The van der Waals surface area contributed by atoms with Gasteiger partial charge in [-0.3, -0.25) is 9.10 Å². The molecule has 3 aromatic rings. The molecule has 0 spiro atoms. The van der Waals surface area contributed by atoms with Crippen LogP contribution in [0.15, 0.2) is 59.9 Å². The van der Waals surface area contributed by atoms with Crippen LogP contribution in [0.2, 0.25) is 0 Å². The molecule has 172 valence electrons. The maximum Gasteiger partial charge on any atom is 0.416 e. The van der Waals surface area contributed by atoms with E-state index in [0.29, 0.717) is 5.69 Å². The Morgan fingerprint density at radius 2 is 1.88 bits per heavy atom. The van der Waals surface area contributed by atoms with Crippen molar-refractivity contribution in [1.29, 1.82) is 0 Å². The van der Waals surface area contributed by atoms with Crippen molar-refractivity contribution < 1.29 is 31.1 Å². The van der Waals surface area contributed by atoms with Gasteiger partial charge in [-0.1, -0.05) is 0 Å². The molecule has 1 amide bonds. The van der Waals surface area contributed by atoms with Gasteiger partial charge in [-0.05, 0) is 49.4 Å². The van der Waals surface area contributed by atoms with E-state index in [-0.39, 0.29) is 40.7 Å². The van der Waals surface area contributed by atoms with Crippen LogP contribution in [0.3, 0.4) is 0 Å². The summed E-state index contributed by atoms with van der Waals surface area (Å²) >= 11 is 0. The van der Waals surface area contributed by atoms with Crippen molar-refractivity contribution in [2.75, 3.05) is 22.8 Å². The smallest absolute Gasteiger partial charge is 0.416 e. The van der Waals surface area contributed by atoms with Crippen molar-refractivity contribution in [3.8, 4) is 5.75 Å². The van der Waals surface area contributed by atoms with Gasteiger partial charge in [0, 0.05) is 11.9 Å². The second kappa shape index (κ2) is 8.35. The average molecular weight is 478 g/mol. The lowest BCUT2D eigenvalue weighted by Crippen LogP contribution is -2.32. The minimum absolute atomic E-state index is 0.0144. The normalized spacial score (nSPS) is 15.2. The van der Waals surface area contributed by atoms with Gasteiger partial charge in [-0.15, -0.1) is 0 Å². The van der Waals surface area contributed by atoms with Crippen molar-refractivity contribution in [3.05, 3.63) is 71.8 Å². The summed E-state index contributed by atoms with van der Waals surface area (Å²) in [4.78, 5) is 20.1. The van der Waals surface area contributed by atoms with E-state index < -0.39 is 27.7 Å². The van der Waals surface area contributed by atoms with Crippen LogP contribution in [0.1, 0.15) is 21.6 Å². The first-order chi connectivity index (χ1) is 15.6. The van der Waals surface area contributed by atoms with E-state index in [1.165, 1.54) is 30.7 Å². The number of nitrogens with zero attached hydrogens (tertiary/aromatic N) is 3. The maximum absolute atomic E-state index is 13.4. The Hall–Kier alpha value is -3.67. The molecule has 33 heavy (non-hydrogen) atoms. The van der Waals surface area contributed by atoms with Crippen LogP contribution in [0.5, 0.6) is 5.75 Å². The highest BCUT2D eigenvalue weighted by atomic mass is 32.2. The minimum Gasteiger partial charge on any atom is -0.490 e. The zero-order valence-electron chi connectivity index (χ0n) is 17.1. The summed E-state index contributed by atoms with van der Waals surface area (Å²) in [6.45, 7) is 1.51. The molecular formula is C21H17F3N4O4S. The van der Waals surface area contributed by atoms with Gasteiger partial charge in [0.25, 0.3) is 15.9 Å². The highest BCUT2D eigenvalue weighted by Gasteiger charge is 2.33. The van der Waals surface area contributed by atoms with Gasteiger partial charge in [-0.2, -0.15) is 13.2 Å². The zero-order chi connectivity index (χ0) is 23.8. The van der Waals surface area contributed by atoms with Gasteiger partial charge in [0.05, 0.1) is 29.1 Å². The second-order valence-electron chi connectivity index (χ2n) is 7.11. The molecule has 2 aromatic carbocycles. The molecule has 2 heterocycles. The number of aromatic nitrogens is 2. The Morgan fingerprint density at radius 3 is 2.55 bits per heavy atom. The first-order valence-corrected chi connectivity index (χ1v) is 11.1. The van der Waals surface area contributed by atoms with Crippen LogP contribution >= 0.6 is 0 Å². The number of sulfonamides is 1. The number of carbonyl (C=O) groups excluding carboxylic acids is 1. The molecule has 0 radical (unpaired) electrons. The summed E-state index contributed by atoms with van der Waals surface area (Å²) in [5.74, 6) is -0.457. The van der Waals surface area contributed by atoms with E-state index in [1.54, 1.807) is 6.92 Å². The summed E-state index contributed by atoms with van der Waals surface area (Å²) < 4.78 is 71.9. The van der Waals surface area contributed by atoms with Crippen LogP contribution in [-0.4, -0.2) is 37.4 Å². The summed E-state index contributed by atoms with van der Waals surface area (Å²) in [5.41, 5.74) is 0.0225. The lowest BCUT2D eigenvalue weighted by Gasteiger charge is -2.22. The number of nitrogens with one attached hydrogen (secondary N) is 1. The van der Waals surface area contributed by atoms with Crippen LogP contribution in [0.4, 0.5) is 24.5 Å². The largest absolute Gasteiger partial charge is 0.490 e. The third-order valence-corrected chi connectivity index (χ3v) is 6.81. The molecule has 0 saturated heterocycles. The van der Waals surface area contributed by atoms with E-state index in [9.17, 15) is 26.4 Å². The average Bonchev–Trinajstić information content (AvgIpc) is 2.89. The molecule has 1 aliphatic rings. The summed E-state index contributed by atoms with van der Waals surface area (Å²) in [6.07, 6.45) is -1.90. The Kier molecular flexibility index (Phi) is 5.70. The fraction of sp³-hybridized carbons (Fsp3) is 0.190. The van der Waals surface area contributed by atoms with Crippen LogP contribution < -0.4 is 14.4 Å². The first-order valence-electron chi connectivity index (χ1n) is 9.62. The lowest BCUT2D eigenvalue weighted by atomic mass is 10.2. The number of rotatable bonds is 3. The molecule has 0 saturated carbocycles. The van der Waals surface area contributed by atoms with Crippen LogP contribution in [-0.2, 0) is 16.2 Å². The number of halogens is 3. The van der Waals surface area contributed by atoms with E-state index in [0.717, 1.165) is 28.6 Å². The molecule has 0 aliphatic carbocycles. The first kappa shape index (κ1) is 22.5. The van der Waals surface area contributed by atoms with E-state index in [4.69, 9.17) is 4.74 Å². The molecule has 4 rings (SSSR count). The van der Waals surface area contributed by atoms with Gasteiger partial charge in [0.2, 0.25) is 0 Å². The van der Waals surface area contributed by atoms with Crippen molar-refractivity contribution >= 4 is 27.3 Å². The fourth-order valence-corrected chi connectivity index (χ4v) is 4.89. The number of aryl methyl sites for hydroxylation is 1. The number of fused-ring (bicyclic) bond motifs is 1. The number of anilines is 2. The fourth-order valence-electron chi connectivity index (χ4n) is 3.28. The summed E-state index contributed by atoms with van der Waals surface area (Å²) in [6, 6.07) is 7.96. The Bertz CT molecular complexity index is 1310. The molecule has 1 aromatic heterocycles. The van der Waals surface area contributed by atoms with Crippen molar-refractivity contribution in [2.24, 2.45) is 0 Å². The SMILES string of the molecule is Cc1ncncc1C(=O)Nc1ccc2c(c1)S(=O)(=O)N(c1ccc(C(F)(F)F)cc1)CCO2. The molecule has 12 heteroatoms. The molecule has 0 atom stereocenters. The van der Waals surface area contributed by atoms with Crippen molar-refractivity contribution in [3.63, 3.8) is 0 Å². The maximum atomic E-state index is 13.4. The predicted molar refractivity (Wildman–Crippen MR) is 113 cm³/mol. The van der Waals surface area contributed by atoms with Gasteiger partial charge >= 0.3 is 6.18 Å². The Balaban J connectivity index is 1.67. The predicted octanol–water partition coefficient (Wildman–Crippen LogP) is 3.64. The van der Waals surface area contributed by atoms with Crippen molar-refractivity contribution in [1.82, 2.24) is 9.97 Å². The molecule has 0 fully saturated rings. The number of carbonyl (C=O) groups is 1. The molecule has 8 nitrogen and oxygen atoms in total. The lowest BCUT2D eigenvalue weighted by molar-refractivity contribution is -0.137. The van der Waals surface area contributed by atoms with E-state index in [2.05, 4.69) is 15.3 Å².